The normalized spacial score (nSPS) is 10.7. The number of hydrogen-bond donors (Lipinski definition) is 2. The van der Waals surface area contributed by atoms with Crippen molar-refractivity contribution in [2.75, 3.05) is 20.8 Å². The second-order valence-electron chi connectivity index (χ2n) is 6.01. The smallest absolute Gasteiger partial charge is 0.252 e. The SMILES string of the molecule is COc1ccc(OC)c2[nH]c(=O)c(CCNC(=O)c3ccc(Cl)cc3Cl)cc12. The van der Waals surface area contributed by atoms with Gasteiger partial charge in [-0.3, -0.25) is 9.59 Å². The number of methoxy groups -OCH3 is 2. The van der Waals surface area contributed by atoms with Gasteiger partial charge in [-0.15, -0.1) is 0 Å². The van der Waals surface area contributed by atoms with E-state index in [0.717, 1.165) is 5.39 Å². The van der Waals surface area contributed by atoms with Crippen LogP contribution in [0.4, 0.5) is 0 Å². The predicted octanol–water partition coefficient (Wildman–Crippen LogP) is 3.82. The van der Waals surface area contributed by atoms with E-state index in [9.17, 15) is 9.59 Å². The molecule has 146 valence electrons. The standard InChI is InChI=1S/C20H18Cl2N2O4/c1-27-16-5-6-17(28-2)18-14(16)9-11(19(25)24-18)7-8-23-20(26)13-4-3-12(21)10-15(13)22/h3-6,9-10H,7-8H2,1-2H3,(H,23,26)(H,24,25). The Hall–Kier alpha value is -2.70. The third-order valence-electron chi connectivity index (χ3n) is 4.31. The summed E-state index contributed by atoms with van der Waals surface area (Å²) in [4.78, 5) is 27.6. The minimum atomic E-state index is -0.335. The van der Waals surface area contributed by atoms with Crippen molar-refractivity contribution in [2.45, 2.75) is 6.42 Å². The molecule has 2 aromatic carbocycles. The van der Waals surface area contributed by atoms with Crippen molar-refractivity contribution in [1.82, 2.24) is 10.3 Å². The van der Waals surface area contributed by atoms with Gasteiger partial charge in [0, 0.05) is 22.5 Å². The molecule has 0 aliphatic carbocycles. The molecule has 0 bridgehead atoms. The molecule has 28 heavy (non-hydrogen) atoms. The fourth-order valence-corrected chi connectivity index (χ4v) is 3.39. The maximum absolute atomic E-state index is 12.4. The highest BCUT2D eigenvalue weighted by Gasteiger charge is 2.13. The molecule has 0 saturated heterocycles. The minimum absolute atomic E-state index is 0.252. The van der Waals surface area contributed by atoms with Gasteiger partial charge in [-0.05, 0) is 42.8 Å². The van der Waals surface area contributed by atoms with Crippen molar-refractivity contribution < 1.29 is 14.3 Å². The fourth-order valence-electron chi connectivity index (χ4n) is 2.90. The number of halogens is 2. The predicted molar refractivity (Wildman–Crippen MR) is 110 cm³/mol. The molecule has 0 fully saturated rings. The van der Waals surface area contributed by atoms with Gasteiger partial charge in [-0.2, -0.15) is 0 Å². The summed E-state index contributed by atoms with van der Waals surface area (Å²) in [5, 5.41) is 4.21. The Bertz CT molecular complexity index is 1100. The van der Waals surface area contributed by atoms with Crippen LogP contribution < -0.4 is 20.3 Å². The van der Waals surface area contributed by atoms with Crippen molar-refractivity contribution in [3.63, 3.8) is 0 Å². The largest absolute Gasteiger partial charge is 0.496 e. The first-order valence-electron chi connectivity index (χ1n) is 8.44. The summed E-state index contributed by atoms with van der Waals surface area (Å²) in [5.41, 5.74) is 1.15. The molecular formula is C20H18Cl2N2O4. The molecule has 0 aliphatic rings. The summed E-state index contributed by atoms with van der Waals surface area (Å²) < 4.78 is 10.7. The molecule has 6 nitrogen and oxygen atoms in total. The molecule has 8 heteroatoms. The Morgan fingerprint density at radius 2 is 1.79 bits per heavy atom. The van der Waals surface area contributed by atoms with Crippen LogP contribution in [0.1, 0.15) is 15.9 Å². The average molecular weight is 421 g/mol. The molecular weight excluding hydrogens is 403 g/mol. The average Bonchev–Trinajstić information content (AvgIpc) is 2.67. The molecule has 0 aliphatic heterocycles. The first-order chi connectivity index (χ1) is 13.4. The molecule has 0 atom stereocenters. The third kappa shape index (κ3) is 4.08. The molecule has 2 N–H and O–H groups in total. The number of aromatic amines is 1. The second-order valence-corrected chi connectivity index (χ2v) is 6.86. The van der Waals surface area contributed by atoms with Gasteiger partial charge < -0.3 is 19.8 Å². The molecule has 1 heterocycles. The lowest BCUT2D eigenvalue weighted by Gasteiger charge is -2.11. The van der Waals surface area contributed by atoms with Crippen LogP contribution in [-0.2, 0) is 6.42 Å². The number of nitrogens with one attached hydrogen (secondary N) is 2. The number of pyridine rings is 1. The number of amides is 1. The number of aromatic nitrogens is 1. The Morgan fingerprint density at radius 3 is 2.46 bits per heavy atom. The Labute approximate surface area is 171 Å². The van der Waals surface area contributed by atoms with Crippen molar-refractivity contribution in [3.8, 4) is 11.5 Å². The highest BCUT2D eigenvalue weighted by Crippen LogP contribution is 2.31. The topological polar surface area (TPSA) is 80.4 Å². The van der Waals surface area contributed by atoms with Gasteiger partial charge in [0.05, 0.1) is 30.3 Å². The van der Waals surface area contributed by atoms with E-state index in [2.05, 4.69) is 10.3 Å². The van der Waals surface area contributed by atoms with Crippen molar-refractivity contribution in [1.29, 1.82) is 0 Å². The van der Waals surface area contributed by atoms with E-state index < -0.39 is 0 Å². The van der Waals surface area contributed by atoms with Crippen LogP contribution in [0.2, 0.25) is 10.0 Å². The van der Waals surface area contributed by atoms with E-state index in [-0.39, 0.29) is 23.0 Å². The summed E-state index contributed by atoms with van der Waals surface area (Å²) in [7, 11) is 3.09. The second kappa shape index (κ2) is 8.54. The molecule has 3 rings (SSSR count). The molecule has 0 spiro atoms. The Kier molecular flexibility index (Phi) is 6.11. The fraction of sp³-hybridized carbons (Fsp3) is 0.200. The zero-order valence-electron chi connectivity index (χ0n) is 15.3. The molecule has 1 amide bonds. The maximum Gasteiger partial charge on any atom is 0.252 e. The first-order valence-corrected chi connectivity index (χ1v) is 9.20. The lowest BCUT2D eigenvalue weighted by atomic mass is 10.1. The highest BCUT2D eigenvalue weighted by molar-refractivity contribution is 6.36. The maximum atomic E-state index is 12.4. The quantitative estimate of drug-likeness (QED) is 0.634. The van der Waals surface area contributed by atoms with Gasteiger partial charge in [-0.1, -0.05) is 23.2 Å². The van der Waals surface area contributed by atoms with Crippen LogP contribution in [0.5, 0.6) is 11.5 Å². The summed E-state index contributed by atoms with van der Waals surface area (Å²) in [6, 6.07) is 9.90. The summed E-state index contributed by atoms with van der Waals surface area (Å²) in [6.45, 7) is 0.263. The van der Waals surface area contributed by atoms with E-state index in [1.807, 2.05) is 0 Å². The molecule has 3 aromatic rings. The van der Waals surface area contributed by atoms with Gasteiger partial charge in [-0.25, -0.2) is 0 Å². The van der Waals surface area contributed by atoms with E-state index >= 15 is 0 Å². The van der Waals surface area contributed by atoms with E-state index in [1.165, 1.54) is 13.2 Å². The van der Waals surface area contributed by atoms with Gasteiger partial charge >= 0.3 is 0 Å². The van der Waals surface area contributed by atoms with Crippen molar-refractivity contribution in [3.05, 3.63) is 67.9 Å². The first kappa shape index (κ1) is 20.0. The monoisotopic (exact) mass is 420 g/mol. The Balaban J connectivity index is 1.80. The molecule has 1 aromatic heterocycles. The number of carbonyl (C=O) groups excluding carboxylic acids is 1. The van der Waals surface area contributed by atoms with Gasteiger partial charge in [0.15, 0.2) is 0 Å². The van der Waals surface area contributed by atoms with Crippen molar-refractivity contribution >= 4 is 40.0 Å². The van der Waals surface area contributed by atoms with E-state index in [4.69, 9.17) is 32.7 Å². The minimum Gasteiger partial charge on any atom is -0.496 e. The Morgan fingerprint density at radius 1 is 1.07 bits per heavy atom. The van der Waals surface area contributed by atoms with Crippen LogP contribution in [-0.4, -0.2) is 31.7 Å². The zero-order chi connectivity index (χ0) is 20.3. The van der Waals surface area contributed by atoms with E-state index in [0.29, 0.717) is 39.6 Å². The van der Waals surface area contributed by atoms with Crippen LogP contribution in [0.25, 0.3) is 10.9 Å². The molecule has 0 saturated carbocycles. The van der Waals surface area contributed by atoms with Crippen LogP contribution in [0.3, 0.4) is 0 Å². The number of ether oxygens (including phenoxy) is 2. The number of rotatable bonds is 6. The van der Waals surface area contributed by atoms with Crippen molar-refractivity contribution in [2.24, 2.45) is 0 Å². The number of H-pyrrole nitrogens is 1. The van der Waals surface area contributed by atoms with Crippen LogP contribution >= 0.6 is 23.2 Å². The number of hydrogen-bond acceptors (Lipinski definition) is 4. The lowest BCUT2D eigenvalue weighted by Crippen LogP contribution is -2.27. The number of benzene rings is 2. The lowest BCUT2D eigenvalue weighted by molar-refractivity contribution is 0.0954. The summed E-state index contributed by atoms with van der Waals surface area (Å²) in [6.07, 6.45) is 0.336. The zero-order valence-corrected chi connectivity index (χ0v) is 16.8. The highest BCUT2D eigenvalue weighted by atomic mass is 35.5. The molecule has 0 unspecified atom stereocenters. The number of carbonyl (C=O) groups is 1. The van der Waals surface area contributed by atoms with Gasteiger partial charge in [0.25, 0.3) is 11.5 Å². The van der Waals surface area contributed by atoms with Gasteiger partial charge in [0.1, 0.15) is 11.5 Å². The van der Waals surface area contributed by atoms with Crippen LogP contribution in [0, 0.1) is 0 Å². The summed E-state index contributed by atoms with van der Waals surface area (Å²) in [5.74, 6) is 0.827. The van der Waals surface area contributed by atoms with Crippen LogP contribution in [0.15, 0.2) is 41.2 Å². The molecule has 0 radical (unpaired) electrons. The third-order valence-corrected chi connectivity index (χ3v) is 4.86. The van der Waals surface area contributed by atoms with Gasteiger partial charge in [0.2, 0.25) is 0 Å². The summed E-state index contributed by atoms with van der Waals surface area (Å²) >= 11 is 11.9. The number of fused-ring (bicyclic) bond motifs is 1. The van der Waals surface area contributed by atoms with E-state index in [1.54, 1.807) is 37.4 Å².